The molecule has 0 bridgehead atoms. The number of rotatable bonds is 4. The van der Waals surface area contributed by atoms with E-state index >= 15 is 0 Å². The molecule has 2 N–H and O–H groups in total. The fourth-order valence-corrected chi connectivity index (χ4v) is 2.82. The Morgan fingerprint density at radius 3 is 2.25 bits per heavy atom. The summed E-state index contributed by atoms with van der Waals surface area (Å²) < 4.78 is 0. The van der Waals surface area contributed by atoms with E-state index < -0.39 is 0 Å². The summed E-state index contributed by atoms with van der Waals surface area (Å²) in [5.41, 5.74) is 9.17. The van der Waals surface area contributed by atoms with Crippen molar-refractivity contribution in [3.63, 3.8) is 0 Å². The van der Waals surface area contributed by atoms with E-state index in [1.54, 1.807) is 0 Å². The first kappa shape index (κ1) is 11.6. The summed E-state index contributed by atoms with van der Waals surface area (Å²) in [6.45, 7) is 4.10. The van der Waals surface area contributed by atoms with Gasteiger partial charge in [0, 0.05) is 12.1 Å². The monoisotopic (exact) mass is 218 g/mol. The van der Waals surface area contributed by atoms with E-state index in [2.05, 4.69) is 43.1 Å². The fourth-order valence-electron chi connectivity index (χ4n) is 2.82. The zero-order valence-electron chi connectivity index (χ0n) is 10.4. The van der Waals surface area contributed by atoms with Gasteiger partial charge in [-0.3, -0.25) is 4.90 Å². The van der Waals surface area contributed by atoms with Gasteiger partial charge in [0.1, 0.15) is 0 Å². The molecule has 1 aromatic carbocycles. The van der Waals surface area contributed by atoms with E-state index in [9.17, 15) is 0 Å². The molecule has 0 saturated carbocycles. The first-order valence-electron chi connectivity index (χ1n) is 6.20. The van der Waals surface area contributed by atoms with Crippen molar-refractivity contribution in [1.29, 1.82) is 0 Å². The van der Waals surface area contributed by atoms with Crippen LogP contribution in [0.1, 0.15) is 24.5 Å². The summed E-state index contributed by atoms with van der Waals surface area (Å²) in [6, 6.07) is 8.75. The number of nitrogens with zero attached hydrogens (tertiary/aromatic N) is 1. The molecular formula is C14H22N2. The van der Waals surface area contributed by atoms with Gasteiger partial charge in [-0.25, -0.2) is 0 Å². The lowest BCUT2D eigenvalue weighted by Crippen LogP contribution is -2.53. The van der Waals surface area contributed by atoms with Crippen molar-refractivity contribution >= 4 is 0 Å². The zero-order chi connectivity index (χ0) is 11.6. The first-order chi connectivity index (χ1) is 7.72. The van der Waals surface area contributed by atoms with E-state index in [-0.39, 0.29) is 5.54 Å². The Bertz CT molecular complexity index is 335. The molecule has 0 heterocycles. The Morgan fingerprint density at radius 2 is 1.81 bits per heavy atom. The van der Waals surface area contributed by atoms with Gasteiger partial charge in [0.05, 0.1) is 0 Å². The molecule has 2 nitrogen and oxygen atoms in total. The van der Waals surface area contributed by atoms with Crippen LogP contribution in [0.25, 0.3) is 0 Å². The third kappa shape index (κ3) is 1.87. The lowest BCUT2D eigenvalue weighted by molar-refractivity contribution is 0.136. The second-order valence-electron chi connectivity index (χ2n) is 4.97. The standard InChI is InChI=1S/C14H22N2/c1-3-8-16(2)14(11-15)9-12-6-4-5-7-13(12)10-14/h4-7H,3,8-11,15H2,1-2H3. The smallest absolute Gasteiger partial charge is 0.0409 e. The van der Waals surface area contributed by atoms with Crippen molar-refractivity contribution in [2.45, 2.75) is 31.7 Å². The van der Waals surface area contributed by atoms with Crippen LogP contribution in [0.5, 0.6) is 0 Å². The number of fused-ring (bicyclic) bond motifs is 1. The predicted molar refractivity (Wildman–Crippen MR) is 68.6 cm³/mol. The molecule has 0 amide bonds. The van der Waals surface area contributed by atoms with Crippen molar-refractivity contribution in [1.82, 2.24) is 4.90 Å². The Kier molecular flexibility index (Phi) is 3.31. The van der Waals surface area contributed by atoms with Gasteiger partial charge in [-0.05, 0) is 44.0 Å². The first-order valence-corrected chi connectivity index (χ1v) is 6.20. The minimum atomic E-state index is 0.166. The van der Waals surface area contributed by atoms with Gasteiger partial charge < -0.3 is 5.73 Å². The Morgan fingerprint density at radius 1 is 1.25 bits per heavy atom. The quantitative estimate of drug-likeness (QED) is 0.835. The van der Waals surface area contributed by atoms with Crippen LogP contribution in [0, 0.1) is 0 Å². The lowest BCUT2D eigenvalue weighted by atomic mass is 9.93. The van der Waals surface area contributed by atoms with Crippen LogP contribution in [0.15, 0.2) is 24.3 Å². The minimum absolute atomic E-state index is 0.166. The Hall–Kier alpha value is -0.860. The summed E-state index contributed by atoms with van der Waals surface area (Å²) in [6.07, 6.45) is 3.40. The van der Waals surface area contributed by atoms with E-state index in [1.165, 1.54) is 17.5 Å². The van der Waals surface area contributed by atoms with Crippen molar-refractivity contribution < 1.29 is 0 Å². The summed E-state index contributed by atoms with van der Waals surface area (Å²) in [7, 11) is 2.21. The molecule has 1 aliphatic rings. The van der Waals surface area contributed by atoms with Crippen molar-refractivity contribution in [2.75, 3.05) is 20.1 Å². The van der Waals surface area contributed by atoms with Crippen molar-refractivity contribution in [3.8, 4) is 0 Å². The Balaban J connectivity index is 2.22. The average Bonchev–Trinajstić information content (AvgIpc) is 2.69. The fraction of sp³-hybridized carbons (Fsp3) is 0.571. The molecule has 0 unspecified atom stereocenters. The van der Waals surface area contributed by atoms with Crippen LogP contribution >= 0.6 is 0 Å². The molecule has 0 atom stereocenters. The summed E-state index contributed by atoms with van der Waals surface area (Å²) >= 11 is 0. The highest BCUT2D eigenvalue weighted by Gasteiger charge is 2.38. The molecule has 0 aliphatic heterocycles. The van der Waals surface area contributed by atoms with Crippen molar-refractivity contribution in [2.24, 2.45) is 5.73 Å². The molecule has 0 saturated heterocycles. The number of hydrogen-bond acceptors (Lipinski definition) is 2. The molecule has 1 aromatic rings. The third-order valence-electron chi connectivity index (χ3n) is 3.91. The topological polar surface area (TPSA) is 29.3 Å². The van der Waals surface area contributed by atoms with Crippen LogP contribution < -0.4 is 5.73 Å². The molecule has 0 radical (unpaired) electrons. The maximum atomic E-state index is 6.04. The van der Waals surface area contributed by atoms with Crippen LogP contribution in [0.2, 0.25) is 0 Å². The maximum Gasteiger partial charge on any atom is 0.0409 e. The van der Waals surface area contributed by atoms with Gasteiger partial charge >= 0.3 is 0 Å². The minimum Gasteiger partial charge on any atom is -0.329 e. The van der Waals surface area contributed by atoms with Gasteiger partial charge in [-0.1, -0.05) is 31.2 Å². The number of likely N-dealkylation sites (N-methyl/N-ethyl adjacent to an activating group) is 1. The largest absolute Gasteiger partial charge is 0.329 e. The Labute approximate surface area is 98.4 Å². The molecule has 16 heavy (non-hydrogen) atoms. The summed E-state index contributed by atoms with van der Waals surface area (Å²) in [5, 5.41) is 0. The van der Waals surface area contributed by atoms with Crippen LogP contribution in [0.4, 0.5) is 0 Å². The van der Waals surface area contributed by atoms with E-state index in [0.29, 0.717) is 0 Å². The van der Waals surface area contributed by atoms with Gasteiger partial charge in [-0.2, -0.15) is 0 Å². The second kappa shape index (κ2) is 4.56. The van der Waals surface area contributed by atoms with Crippen LogP contribution in [-0.4, -0.2) is 30.6 Å². The maximum absolute atomic E-state index is 6.04. The number of hydrogen-bond donors (Lipinski definition) is 1. The summed E-state index contributed by atoms with van der Waals surface area (Å²) in [4.78, 5) is 2.45. The van der Waals surface area contributed by atoms with E-state index in [1.807, 2.05) is 0 Å². The molecule has 1 aliphatic carbocycles. The number of nitrogens with two attached hydrogens (primary N) is 1. The van der Waals surface area contributed by atoms with Gasteiger partial charge in [0.2, 0.25) is 0 Å². The molecule has 88 valence electrons. The molecule has 0 spiro atoms. The van der Waals surface area contributed by atoms with Gasteiger partial charge in [-0.15, -0.1) is 0 Å². The van der Waals surface area contributed by atoms with Gasteiger partial charge in [0.15, 0.2) is 0 Å². The second-order valence-corrected chi connectivity index (χ2v) is 4.97. The van der Waals surface area contributed by atoms with Gasteiger partial charge in [0.25, 0.3) is 0 Å². The predicted octanol–water partition coefficient (Wildman–Crippen LogP) is 1.82. The average molecular weight is 218 g/mol. The van der Waals surface area contributed by atoms with E-state index in [4.69, 9.17) is 5.73 Å². The lowest BCUT2D eigenvalue weighted by Gasteiger charge is -2.37. The highest BCUT2D eigenvalue weighted by Crippen LogP contribution is 2.33. The third-order valence-corrected chi connectivity index (χ3v) is 3.91. The van der Waals surface area contributed by atoms with Crippen LogP contribution in [0.3, 0.4) is 0 Å². The number of benzene rings is 1. The normalized spacial score (nSPS) is 17.8. The van der Waals surface area contributed by atoms with Crippen LogP contribution in [-0.2, 0) is 12.8 Å². The molecule has 2 rings (SSSR count). The molecule has 0 fully saturated rings. The molecular weight excluding hydrogens is 196 g/mol. The molecule has 2 heteroatoms. The SMILES string of the molecule is CCCN(C)C1(CN)Cc2ccccc2C1. The van der Waals surface area contributed by atoms with Crippen molar-refractivity contribution in [3.05, 3.63) is 35.4 Å². The summed E-state index contributed by atoms with van der Waals surface area (Å²) in [5.74, 6) is 0. The zero-order valence-corrected chi connectivity index (χ0v) is 10.4. The highest BCUT2D eigenvalue weighted by atomic mass is 15.2. The molecule has 0 aromatic heterocycles. The van der Waals surface area contributed by atoms with E-state index in [0.717, 1.165) is 25.9 Å². The highest BCUT2D eigenvalue weighted by molar-refractivity contribution is 5.36.